The van der Waals surface area contributed by atoms with E-state index in [9.17, 15) is 4.39 Å². The molecule has 1 N–H and O–H groups in total. The number of alkyl halides is 1. The molecule has 2 nitrogen and oxygen atoms in total. The van der Waals surface area contributed by atoms with Gasteiger partial charge in [0.25, 0.3) is 0 Å². The van der Waals surface area contributed by atoms with Crippen LogP contribution < -0.4 is 10.1 Å². The van der Waals surface area contributed by atoms with Gasteiger partial charge in [-0.05, 0) is 55.0 Å². The Morgan fingerprint density at radius 2 is 1.82 bits per heavy atom. The minimum Gasteiger partial charge on any atom is -0.489 e. The first-order valence-corrected chi connectivity index (χ1v) is 10.2. The third-order valence-corrected chi connectivity index (χ3v) is 5.05. The van der Waals surface area contributed by atoms with Crippen LogP contribution in [0.5, 0.6) is 5.75 Å². The lowest BCUT2D eigenvalue weighted by molar-refractivity contribution is 0.220. The molecule has 0 saturated heterocycles. The summed E-state index contributed by atoms with van der Waals surface area (Å²) in [7, 11) is 0. The van der Waals surface area contributed by atoms with Crippen LogP contribution in [0.2, 0.25) is 0 Å². The molecule has 0 aliphatic carbocycles. The van der Waals surface area contributed by atoms with E-state index in [0.717, 1.165) is 17.8 Å². The molecule has 0 fully saturated rings. The predicted molar refractivity (Wildman–Crippen MR) is 116 cm³/mol. The summed E-state index contributed by atoms with van der Waals surface area (Å²) in [5.41, 5.74) is 2.67. The Kier molecular flexibility index (Phi) is 8.10. The van der Waals surface area contributed by atoms with Gasteiger partial charge in [-0.15, -0.1) is 0 Å². The molecule has 2 aromatic rings. The Morgan fingerprint density at radius 1 is 1.14 bits per heavy atom. The van der Waals surface area contributed by atoms with E-state index in [4.69, 9.17) is 4.74 Å². The van der Waals surface area contributed by atoms with Crippen molar-refractivity contribution in [3.63, 3.8) is 0 Å². The van der Waals surface area contributed by atoms with Gasteiger partial charge in [0.1, 0.15) is 18.0 Å². The molecule has 1 unspecified atom stereocenters. The lowest BCUT2D eigenvalue weighted by Crippen LogP contribution is -2.17. The fourth-order valence-electron chi connectivity index (χ4n) is 2.95. The average molecular weight is 384 g/mol. The topological polar surface area (TPSA) is 21.3 Å². The second-order valence-electron chi connectivity index (χ2n) is 8.03. The number of ether oxygens (including phenoxy) is 1. The minimum atomic E-state index is -1.37. The summed E-state index contributed by atoms with van der Waals surface area (Å²) in [5.74, 6) is 1.18. The molecule has 1 atom stereocenters. The zero-order chi connectivity index (χ0) is 20.6. The van der Waals surface area contributed by atoms with E-state index in [1.54, 1.807) is 26.0 Å². The smallest absolute Gasteiger partial charge is 0.130 e. The number of halogens is 1. The van der Waals surface area contributed by atoms with Crippen LogP contribution in [-0.4, -0.2) is 0 Å². The molecule has 0 amide bonds. The SMILES string of the molecule is C=C(NCc1ccc(COc2cccc(C(C)(C)F)c2)cc1)C(C)CCCC. The number of unbranched alkanes of at least 4 members (excludes halogenated alkanes) is 1. The van der Waals surface area contributed by atoms with Crippen molar-refractivity contribution in [1.82, 2.24) is 5.32 Å². The average Bonchev–Trinajstić information content (AvgIpc) is 2.69. The normalized spacial score (nSPS) is 12.5. The van der Waals surface area contributed by atoms with Crippen LogP contribution in [0.15, 0.2) is 60.8 Å². The maximum Gasteiger partial charge on any atom is 0.130 e. The Morgan fingerprint density at radius 3 is 2.46 bits per heavy atom. The van der Waals surface area contributed by atoms with Crippen molar-refractivity contribution in [2.75, 3.05) is 0 Å². The zero-order valence-corrected chi connectivity index (χ0v) is 17.7. The van der Waals surface area contributed by atoms with E-state index in [1.165, 1.54) is 24.8 Å². The molecule has 0 bridgehead atoms. The highest BCUT2D eigenvalue weighted by molar-refractivity contribution is 5.32. The summed E-state index contributed by atoms with van der Waals surface area (Å²) in [6.45, 7) is 13.0. The van der Waals surface area contributed by atoms with Crippen molar-refractivity contribution in [2.24, 2.45) is 5.92 Å². The third-order valence-electron chi connectivity index (χ3n) is 5.05. The van der Waals surface area contributed by atoms with Crippen LogP contribution >= 0.6 is 0 Å². The Balaban J connectivity index is 1.84. The highest BCUT2D eigenvalue weighted by Gasteiger charge is 2.18. The molecule has 152 valence electrons. The van der Waals surface area contributed by atoms with Gasteiger partial charge < -0.3 is 10.1 Å². The molecular weight excluding hydrogens is 349 g/mol. The summed E-state index contributed by atoms with van der Waals surface area (Å²) >= 11 is 0. The lowest BCUT2D eigenvalue weighted by Gasteiger charge is -2.17. The van der Waals surface area contributed by atoms with Gasteiger partial charge in [-0.1, -0.05) is 69.7 Å². The molecule has 0 saturated carbocycles. The Hall–Kier alpha value is -2.29. The van der Waals surface area contributed by atoms with Gasteiger partial charge in [-0.3, -0.25) is 0 Å². The number of nitrogens with one attached hydrogen (secondary N) is 1. The molecule has 3 heteroatoms. The van der Waals surface area contributed by atoms with E-state index >= 15 is 0 Å². The summed E-state index contributed by atoms with van der Waals surface area (Å²) < 4.78 is 19.9. The number of allylic oxidation sites excluding steroid dienone is 1. The molecular formula is C25H34FNO. The van der Waals surface area contributed by atoms with E-state index in [0.29, 0.717) is 23.8 Å². The van der Waals surface area contributed by atoms with Crippen molar-refractivity contribution >= 4 is 0 Å². The van der Waals surface area contributed by atoms with Crippen molar-refractivity contribution in [2.45, 2.75) is 65.8 Å². The molecule has 2 rings (SSSR count). The first-order valence-electron chi connectivity index (χ1n) is 10.2. The van der Waals surface area contributed by atoms with Crippen LogP contribution in [0.3, 0.4) is 0 Å². The van der Waals surface area contributed by atoms with Gasteiger partial charge in [-0.25, -0.2) is 4.39 Å². The monoisotopic (exact) mass is 383 g/mol. The zero-order valence-electron chi connectivity index (χ0n) is 17.7. The molecule has 0 aliphatic heterocycles. The lowest BCUT2D eigenvalue weighted by atomic mass is 10.0. The number of hydrogen-bond donors (Lipinski definition) is 1. The Labute approximate surface area is 169 Å². The van der Waals surface area contributed by atoms with Crippen LogP contribution in [0.1, 0.15) is 63.6 Å². The highest BCUT2D eigenvalue weighted by Crippen LogP contribution is 2.27. The summed E-state index contributed by atoms with van der Waals surface area (Å²) in [4.78, 5) is 0. The van der Waals surface area contributed by atoms with E-state index in [2.05, 4.69) is 50.0 Å². The minimum absolute atomic E-state index is 0.463. The molecule has 0 radical (unpaired) electrons. The molecule has 0 heterocycles. The predicted octanol–water partition coefficient (Wildman–Crippen LogP) is 6.90. The van der Waals surface area contributed by atoms with Crippen LogP contribution in [0.4, 0.5) is 4.39 Å². The van der Waals surface area contributed by atoms with Gasteiger partial charge in [0.2, 0.25) is 0 Å². The third kappa shape index (κ3) is 7.03. The number of hydrogen-bond acceptors (Lipinski definition) is 2. The summed E-state index contributed by atoms with van der Waals surface area (Å²) in [5, 5.41) is 3.44. The standard InChI is InChI=1S/C25H34FNO/c1-6-7-9-19(2)20(3)27-17-21-12-14-22(15-13-21)18-28-24-11-8-10-23(16-24)25(4,5)26/h8,10-16,19,27H,3,6-7,9,17-18H2,1-2,4-5H3. The van der Waals surface area contributed by atoms with E-state index in [-0.39, 0.29) is 0 Å². The summed E-state index contributed by atoms with van der Waals surface area (Å²) in [6.07, 6.45) is 3.64. The van der Waals surface area contributed by atoms with Gasteiger partial charge in [-0.2, -0.15) is 0 Å². The maximum atomic E-state index is 14.1. The maximum absolute atomic E-state index is 14.1. The quantitative estimate of drug-likeness (QED) is 0.456. The van der Waals surface area contributed by atoms with Gasteiger partial charge in [0.15, 0.2) is 0 Å². The second kappa shape index (κ2) is 10.3. The molecule has 28 heavy (non-hydrogen) atoms. The van der Waals surface area contributed by atoms with Gasteiger partial charge >= 0.3 is 0 Å². The number of rotatable bonds is 11. The Bertz CT molecular complexity index is 746. The fraction of sp³-hybridized carbons (Fsp3) is 0.440. The first-order chi connectivity index (χ1) is 13.3. The highest BCUT2D eigenvalue weighted by atomic mass is 19.1. The van der Waals surface area contributed by atoms with Gasteiger partial charge in [0.05, 0.1) is 0 Å². The van der Waals surface area contributed by atoms with Crippen molar-refractivity contribution in [3.05, 3.63) is 77.5 Å². The summed E-state index contributed by atoms with van der Waals surface area (Å²) in [6, 6.07) is 15.6. The van der Waals surface area contributed by atoms with Crippen molar-refractivity contribution in [3.8, 4) is 5.75 Å². The molecule has 0 aromatic heterocycles. The largest absolute Gasteiger partial charge is 0.489 e. The fourth-order valence-corrected chi connectivity index (χ4v) is 2.95. The van der Waals surface area contributed by atoms with E-state index in [1.807, 2.05) is 12.1 Å². The molecule has 2 aromatic carbocycles. The van der Waals surface area contributed by atoms with Crippen LogP contribution in [0, 0.1) is 5.92 Å². The molecule has 0 aliphatic rings. The second-order valence-corrected chi connectivity index (χ2v) is 8.03. The van der Waals surface area contributed by atoms with Crippen molar-refractivity contribution in [1.29, 1.82) is 0 Å². The van der Waals surface area contributed by atoms with Crippen LogP contribution in [0.25, 0.3) is 0 Å². The van der Waals surface area contributed by atoms with Gasteiger partial charge in [0, 0.05) is 12.2 Å². The molecule has 0 spiro atoms. The number of benzene rings is 2. The van der Waals surface area contributed by atoms with E-state index < -0.39 is 5.67 Å². The van der Waals surface area contributed by atoms with Crippen LogP contribution in [-0.2, 0) is 18.8 Å². The van der Waals surface area contributed by atoms with Crippen molar-refractivity contribution < 1.29 is 9.13 Å². The first kappa shape index (κ1) is 22.0.